The van der Waals surface area contributed by atoms with Crippen LogP contribution in [0.15, 0.2) is 48.0 Å². The van der Waals surface area contributed by atoms with Crippen molar-refractivity contribution in [2.24, 2.45) is 0 Å². The molecule has 0 aromatic carbocycles. The Balaban J connectivity index is 1.84. The van der Waals surface area contributed by atoms with E-state index < -0.39 is 6.16 Å². The van der Waals surface area contributed by atoms with Crippen molar-refractivity contribution in [1.29, 1.82) is 0 Å². The van der Waals surface area contributed by atoms with Gasteiger partial charge >= 0.3 is 6.16 Å². The fourth-order valence-electron chi connectivity index (χ4n) is 1.54. The van der Waals surface area contributed by atoms with Crippen LogP contribution in [0.25, 0.3) is 0 Å². The van der Waals surface area contributed by atoms with Crippen LogP contribution in [0.4, 0.5) is 4.79 Å². The van der Waals surface area contributed by atoms with Gasteiger partial charge in [-0.1, -0.05) is 12.2 Å². The molecule has 2 rings (SSSR count). The molecule has 0 radical (unpaired) electrons. The van der Waals surface area contributed by atoms with Crippen LogP contribution >= 0.6 is 0 Å². The van der Waals surface area contributed by atoms with Crippen LogP contribution in [0.3, 0.4) is 0 Å². The largest absolute Gasteiger partial charge is 0.519 e. The Morgan fingerprint density at radius 1 is 0.875 bits per heavy atom. The first-order valence-electron chi connectivity index (χ1n) is 5.47. The zero-order chi connectivity index (χ0) is 11.2. The Kier molecular flexibility index (Phi) is 3.59. The van der Waals surface area contributed by atoms with Gasteiger partial charge in [-0.05, 0) is 50.0 Å². The van der Waals surface area contributed by atoms with E-state index in [9.17, 15) is 4.79 Å². The number of carbonyl (C=O) groups excluding carboxylic acids is 1. The quantitative estimate of drug-likeness (QED) is 0.664. The van der Waals surface area contributed by atoms with Crippen LogP contribution in [0.1, 0.15) is 25.7 Å². The van der Waals surface area contributed by atoms with E-state index in [4.69, 9.17) is 9.47 Å². The van der Waals surface area contributed by atoms with Gasteiger partial charge < -0.3 is 9.47 Å². The summed E-state index contributed by atoms with van der Waals surface area (Å²) in [7, 11) is 0. The number of carbonyl (C=O) groups is 1. The minimum absolute atomic E-state index is 0.566. The highest BCUT2D eigenvalue weighted by Gasteiger charge is 2.10. The minimum atomic E-state index is -0.671. The summed E-state index contributed by atoms with van der Waals surface area (Å²) in [6.07, 6.45) is 14.4. The minimum Gasteiger partial charge on any atom is -0.395 e. The van der Waals surface area contributed by atoms with E-state index >= 15 is 0 Å². The first-order chi connectivity index (χ1) is 7.84. The van der Waals surface area contributed by atoms with E-state index in [0.717, 1.165) is 25.7 Å². The Morgan fingerprint density at radius 2 is 1.38 bits per heavy atom. The summed E-state index contributed by atoms with van der Waals surface area (Å²) >= 11 is 0. The summed E-state index contributed by atoms with van der Waals surface area (Å²) in [4.78, 5) is 11.4. The Morgan fingerprint density at radius 3 is 1.75 bits per heavy atom. The first-order valence-corrected chi connectivity index (χ1v) is 5.47. The molecule has 2 aliphatic carbocycles. The maximum Gasteiger partial charge on any atom is 0.519 e. The molecule has 0 amide bonds. The molecule has 0 aromatic rings. The van der Waals surface area contributed by atoms with Gasteiger partial charge in [0.2, 0.25) is 0 Å². The van der Waals surface area contributed by atoms with Gasteiger partial charge in [0.25, 0.3) is 0 Å². The highest BCUT2D eigenvalue weighted by Crippen LogP contribution is 2.15. The van der Waals surface area contributed by atoms with Crippen molar-refractivity contribution < 1.29 is 14.3 Å². The molecule has 84 valence electrons. The van der Waals surface area contributed by atoms with Gasteiger partial charge in [0.15, 0.2) is 0 Å². The molecule has 0 bridgehead atoms. The zero-order valence-electron chi connectivity index (χ0n) is 9.02. The van der Waals surface area contributed by atoms with E-state index in [1.165, 1.54) is 0 Å². The molecule has 0 N–H and O–H groups in total. The maximum atomic E-state index is 11.4. The molecule has 16 heavy (non-hydrogen) atoms. The molecule has 0 aromatic heterocycles. The summed E-state index contributed by atoms with van der Waals surface area (Å²) in [5.74, 6) is 1.13. The maximum absolute atomic E-state index is 11.4. The molecular formula is C13H14O3. The van der Waals surface area contributed by atoms with Crippen LogP contribution < -0.4 is 0 Å². The number of hydrogen-bond donors (Lipinski definition) is 0. The predicted octanol–water partition coefficient (Wildman–Crippen LogP) is 3.61. The lowest BCUT2D eigenvalue weighted by molar-refractivity contribution is 0.107. The summed E-state index contributed by atoms with van der Waals surface area (Å²) in [6.45, 7) is 0. The molecular weight excluding hydrogens is 204 g/mol. The lowest BCUT2D eigenvalue weighted by Gasteiger charge is -2.10. The van der Waals surface area contributed by atoms with Crippen molar-refractivity contribution in [1.82, 2.24) is 0 Å². The topological polar surface area (TPSA) is 35.5 Å². The van der Waals surface area contributed by atoms with E-state index in [-0.39, 0.29) is 0 Å². The van der Waals surface area contributed by atoms with Gasteiger partial charge in [0, 0.05) is 0 Å². The smallest absolute Gasteiger partial charge is 0.395 e. The van der Waals surface area contributed by atoms with Gasteiger partial charge in [-0.2, -0.15) is 0 Å². The Bertz CT molecular complexity index is 350. The van der Waals surface area contributed by atoms with Crippen LogP contribution in [0, 0.1) is 0 Å². The molecule has 0 spiro atoms. The van der Waals surface area contributed by atoms with Crippen molar-refractivity contribution in [3.8, 4) is 0 Å². The third-order valence-electron chi connectivity index (χ3n) is 2.32. The van der Waals surface area contributed by atoms with Crippen LogP contribution in [0.5, 0.6) is 0 Å². The molecule has 3 heteroatoms. The molecule has 0 atom stereocenters. The van der Waals surface area contributed by atoms with Gasteiger partial charge in [0.05, 0.1) is 0 Å². The number of hydrogen-bond acceptors (Lipinski definition) is 3. The van der Waals surface area contributed by atoms with Gasteiger partial charge in [-0.25, -0.2) is 4.79 Å². The lowest BCUT2D eigenvalue weighted by Crippen LogP contribution is -2.07. The highest BCUT2D eigenvalue weighted by atomic mass is 16.7. The van der Waals surface area contributed by atoms with Crippen LogP contribution in [0.2, 0.25) is 0 Å². The molecule has 0 saturated carbocycles. The Labute approximate surface area is 94.7 Å². The second kappa shape index (κ2) is 5.35. The third kappa shape index (κ3) is 3.12. The monoisotopic (exact) mass is 218 g/mol. The van der Waals surface area contributed by atoms with Crippen molar-refractivity contribution in [3.05, 3.63) is 48.0 Å². The molecule has 0 unspecified atom stereocenters. The number of rotatable bonds is 2. The van der Waals surface area contributed by atoms with E-state index in [2.05, 4.69) is 0 Å². The van der Waals surface area contributed by atoms with E-state index in [0.29, 0.717) is 11.5 Å². The van der Waals surface area contributed by atoms with E-state index in [1.54, 1.807) is 12.2 Å². The van der Waals surface area contributed by atoms with Gasteiger partial charge in [-0.3, -0.25) is 0 Å². The third-order valence-corrected chi connectivity index (χ3v) is 2.32. The highest BCUT2D eigenvalue weighted by molar-refractivity contribution is 5.64. The second-order valence-electron chi connectivity index (χ2n) is 3.63. The Hall–Kier alpha value is -1.77. The van der Waals surface area contributed by atoms with Crippen molar-refractivity contribution in [2.45, 2.75) is 25.7 Å². The number of allylic oxidation sites excluding steroid dienone is 6. The van der Waals surface area contributed by atoms with Gasteiger partial charge in [0.1, 0.15) is 11.5 Å². The summed E-state index contributed by atoms with van der Waals surface area (Å²) in [6, 6.07) is 0. The van der Waals surface area contributed by atoms with Gasteiger partial charge in [-0.15, -0.1) is 0 Å². The molecule has 0 saturated heterocycles. The van der Waals surface area contributed by atoms with E-state index in [1.807, 2.05) is 24.3 Å². The lowest BCUT2D eigenvalue weighted by atomic mass is 10.2. The summed E-state index contributed by atoms with van der Waals surface area (Å²) < 4.78 is 10.1. The first kappa shape index (κ1) is 10.7. The average Bonchev–Trinajstić information content (AvgIpc) is 2.31. The fraction of sp³-hybridized carbons (Fsp3) is 0.308. The molecule has 0 heterocycles. The fourth-order valence-corrected chi connectivity index (χ4v) is 1.54. The molecule has 0 fully saturated rings. The predicted molar refractivity (Wildman–Crippen MR) is 60.5 cm³/mol. The van der Waals surface area contributed by atoms with Crippen LogP contribution in [-0.4, -0.2) is 6.16 Å². The van der Waals surface area contributed by atoms with Crippen molar-refractivity contribution in [2.75, 3.05) is 0 Å². The van der Waals surface area contributed by atoms with Crippen molar-refractivity contribution in [3.63, 3.8) is 0 Å². The average molecular weight is 218 g/mol. The summed E-state index contributed by atoms with van der Waals surface area (Å²) in [5.41, 5.74) is 0. The van der Waals surface area contributed by atoms with Crippen LogP contribution in [-0.2, 0) is 9.47 Å². The molecule has 2 aliphatic rings. The standard InChI is InChI=1S/C13H14O3/c14-13(15-11-7-3-1-4-8-11)16-12-9-5-2-6-10-12/h3,5,7-10H,1-2,4,6H2. The zero-order valence-corrected chi connectivity index (χ0v) is 9.02. The van der Waals surface area contributed by atoms with Crippen molar-refractivity contribution >= 4 is 6.16 Å². The summed E-state index contributed by atoms with van der Waals surface area (Å²) in [5, 5.41) is 0. The molecule has 3 nitrogen and oxygen atoms in total. The SMILES string of the molecule is O=C(OC1=CCCC=C1)OC1=CCCC=C1. The second-order valence-corrected chi connectivity index (χ2v) is 3.63. The normalized spacial score (nSPS) is 18.8. The molecule has 0 aliphatic heterocycles. The number of ether oxygens (including phenoxy) is 2.